The number of pyridine rings is 1. The number of hydrogen-bond donors (Lipinski definition) is 1. The van der Waals surface area contributed by atoms with Crippen LogP contribution >= 0.6 is 0 Å². The van der Waals surface area contributed by atoms with Gasteiger partial charge in [-0.25, -0.2) is 14.5 Å². The van der Waals surface area contributed by atoms with Crippen molar-refractivity contribution in [2.45, 2.75) is 64.1 Å². The van der Waals surface area contributed by atoms with Crippen molar-refractivity contribution in [1.82, 2.24) is 19.7 Å². The van der Waals surface area contributed by atoms with E-state index in [9.17, 15) is 22.8 Å². The molecule has 0 spiro atoms. The Bertz CT molecular complexity index is 1880. The standard InChI is InChI=1S/C37H38F3N5O4/c1-3-22-19-25(13-14-26(22)23-15-17-44(18-16-23)35(46)24-11-12-24)42-30-21-49-31-9-5-7-27(33(30)31)29-8-6-10-32(43-29)45-34(37(38,39)40)28(20-41-45)36(47)48-4-2/h5-10,13-14,19-20,23-24,30,42H,3-4,11-12,15-18,21H2,1-2H3. The van der Waals surface area contributed by atoms with Crippen LogP contribution in [0.1, 0.15) is 84.2 Å². The van der Waals surface area contributed by atoms with E-state index in [0.29, 0.717) is 40.1 Å². The molecule has 3 aliphatic rings. The first-order chi connectivity index (χ1) is 23.7. The van der Waals surface area contributed by atoms with Gasteiger partial charge in [0.15, 0.2) is 11.5 Å². The van der Waals surface area contributed by atoms with Gasteiger partial charge in [-0.15, -0.1) is 0 Å². The van der Waals surface area contributed by atoms with Crippen LogP contribution < -0.4 is 10.1 Å². The van der Waals surface area contributed by atoms with E-state index in [2.05, 4.69) is 40.5 Å². The van der Waals surface area contributed by atoms with Gasteiger partial charge in [0, 0.05) is 35.8 Å². The normalized spacial score (nSPS) is 17.8. The highest BCUT2D eigenvalue weighted by atomic mass is 19.4. The van der Waals surface area contributed by atoms with E-state index in [4.69, 9.17) is 9.47 Å². The molecule has 0 bridgehead atoms. The Hall–Kier alpha value is -4.87. The minimum atomic E-state index is -4.88. The quantitative estimate of drug-likeness (QED) is 0.186. The summed E-state index contributed by atoms with van der Waals surface area (Å²) in [5.41, 5.74) is 3.61. The zero-order chi connectivity index (χ0) is 34.3. The molecule has 4 heterocycles. The maximum atomic E-state index is 14.2. The maximum absolute atomic E-state index is 14.2. The van der Waals surface area contributed by atoms with Gasteiger partial charge < -0.3 is 19.7 Å². The number of benzene rings is 2. The van der Waals surface area contributed by atoms with E-state index < -0.39 is 23.4 Å². The van der Waals surface area contributed by atoms with Crippen LogP contribution in [0.25, 0.3) is 17.1 Å². The molecule has 7 rings (SSSR count). The molecule has 9 nitrogen and oxygen atoms in total. The number of esters is 1. The lowest BCUT2D eigenvalue weighted by molar-refractivity contribution is -0.143. The number of hydrogen-bond acceptors (Lipinski definition) is 7. The monoisotopic (exact) mass is 673 g/mol. The van der Waals surface area contributed by atoms with Gasteiger partial charge in [0.2, 0.25) is 5.91 Å². The molecule has 2 aromatic heterocycles. The zero-order valence-electron chi connectivity index (χ0n) is 27.4. The first-order valence-corrected chi connectivity index (χ1v) is 16.9. The third-order valence-corrected chi connectivity index (χ3v) is 9.62. The number of amides is 1. The van der Waals surface area contributed by atoms with E-state index in [0.717, 1.165) is 62.6 Å². The Kier molecular flexibility index (Phi) is 8.81. The highest BCUT2D eigenvalue weighted by Gasteiger charge is 2.41. The van der Waals surface area contributed by atoms with Gasteiger partial charge in [-0.05, 0) is 86.4 Å². The number of aryl methyl sites for hydroxylation is 1. The molecule has 0 radical (unpaired) electrons. The van der Waals surface area contributed by atoms with Crippen molar-refractivity contribution >= 4 is 17.6 Å². The minimum Gasteiger partial charge on any atom is -0.491 e. The largest absolute Gasteiger partial charge is 0.491 e. The van der Waals surface area contributed by atoms with E-state index >= 15 is 0 Å². The summed E-state index contributed by atoms with van der Waals surface area (Å²) in [7, 11) is 0. The number of aromatic nitrogens is 3. The fraction of sp³-hybridized carbons (Fsp3) is 0.405. The van der Waals surface area contributed by atoms with Crippen molar-refractivity contribution in [2.75, 3.05) is 31.6 Å². The van der Waals surface area contributed by atoms with Gasteiger partial charge in [0.05, 0.1) is 24.5 Å². The number of anilines is 1. The van der Waals surface area contributed by atoms with Gasteiger partial charge in [-0.2, -0.15) is 18.3 Å². The summed E-state index contributed by atoms with van der Waals surface area (Å²) in [5, 5.41) is 7.52. The average Bonchev–Trinajstić information content (AvgIpc) is 3.72. The highest BCUT2D eigenvalue weighted by molar-refractivity contribution is 5.90. The third kappa shape index (κ3) is 6.48. The number of fused-ring (bicyclic) bond motifs is 1. The van der Waals surface area contributed by atoms with Crippen molar-refractivity contribution < 1.29 is 32.2 Å². The molecule has 1 amide bonds. The van der Waals surface area contributed by atoms with Crippen molar-refractivity contribution in [3.8, 4) is 22.8 Å². The number of carbonyl (C=O) groups is 2. The summed E-state index contributed by atoms with van der Waals surface area (Å²) < 4.78 is 54.2. The highest BCUT2D eigenvalue weighted by Crippen LogP contribution is 2.42. The molecule has 1 saturated heterocycles. The predicted octanol–water partition coefficient (Wildman–Crippen LogP) is 7.35. The molecule has 1 aliphatic carbocycles. The number of rotatable bonds is 9. The smallest absolute Gasteiger partial charge is 0.434 e. The molecule has 2 aliphatic heterocycles. The summed E-state index contributed by atoms with van der Waals surface area (Å²) in [6.07, 6.45) is 0.833. The second kappa shape index (κ2) is 13.2. The lowest BCUT2D eigenvalue weighted by Crippen LogP contribution is -2.38. The van der Waals surface area contributed by atoms with Crippen LogP contribution in [-0.4, -0.2) is 57.8 Å². The Morgan fingerprint density at radius 2 is 1.80 bits per heavy atom. The fourth-order valence-corrected chi connectivity index (χ4v) is 7.07. The number of alkyl halides is 3. The average molecular weight is 674 g/mol. The molecule has 256 valence electrons. The fourth-order valence-electron chi connectivity index (χ4n) is 7.07. The number of halogens is 3. The number of piperidine rings is 1. The topological polar surface area (TPSA) is 98.6 Å². The third-order valence-electron chi connectivity index (χ3n) is 9.62. The van der Waals surface area contributed by atoms with Crippen molar-refractivity contribution in [3.63, 3.8) is 0 Å². The van der Waals surface area contributed by atoms with Crippen LogP contribution in [0.2, 0.25) is 0 Å². The van der Waals surface area contributed by atoms with Crippen LogP contribution in [0.4, 0.5) is 18.9 Å². The molecule has 1 unspecified atom stereocenters. The lowest BCUT2D eigenvalue weighted by atomic mass is 9.85. The summed E-state index contributed by atoms with van der Waals surface area (Å²) in [4.78, 5) is 31.5. The zero-order valence-corrected chi connectivity index (χ0v) is 27.4. The lowest BCUT2D eigenvalue weighted by Gasteiger charge is -2.33. The van der Waals surface area contributed by atoms with Gasteiger partial charge in [0.1, 0.15) is 17.9 Å². The summed E-state index contributed by atoms with van der Waals surface area (Å²) in [6, 6.07) is 16.6. The van der Waals surface area contributed by atoms with Crippen molar-refractivity contribution in [3.05, 3.63) is 88.7 Å². The van der Waals surface area contributed by atoms with Crippen molar-refractivity contribution in [1.29, 1.82) is 0 Å². The second-order valence-electron chi connectivity index (χ2n) is 12.8. The Balaban J connectivity index is 1.14. The first-order valence-electron chi connectivity index (χ1n) is 16.9. The van der Waals surface area contributed by atoms with Crippen LogP contribution in [0.5, 0.6) is 5.75 Å². The Labute approximate surface area is 282 Å². The Morgan fingerprint density at radius 3 is 2.51 bits per heavy atom. The van der Waals surface area contributed by atoms with Crippen molar-refractivity contribution in [2.24, 2.45) is 5.92 Å². The van der Waals surface area contributed by atoms with Crippen LogP contribution in [0.3, 0.4) is 0 Å². The summed E-state index contributed by atoms with van der Waals surface area (Å²) in [5.74, 6) is 0.462. The molecular weight excluding hydrogens is 635 g/mol. The summed E-state index contributed by atoms with van der Waals surface area (Å²) in [6.45, 7) is 5.58. The van der Waals surface area contributed by atoms with Gasteiger partial charge in [-0.1, -0.05) is 31.2 Å². The molecule has 12 heteroatoms. The van der Waals surface area contributed by atoms with Crippen LogP contribution in [-0.2, 0) is 22.1 Å². The first kappa shape index (κ1) is 32.7. The molecule has 1 N–H and O–H groups in total. The van der Waals surface area contributed by atoms with Crippen LogP contribution in [0.15, 0.2) is 60.8 Å². The molecule has 1 atom stereocenters. The molecule has 4 aromatic rings. The van der Waals surface area contributed by atoms with E-state index in [-0.39, 0.29) is 24.4 Å². The molecule has 2 fully saturated rings. The van der Waals surface area contributed by atoms with Gasteiger partial charge in [0.25, 0.3) is 0 Å². The van der Waals surface area contributed by atoms with E-state index in [1.165, 1.54) is 24.1 Å². The SMILES string of the molecule is CCOC(=O)c1cnn(-c2cccc(-c3cccc4c3C(Nc3ccc(C5CCN(C(=O)C6CC6)CC5)c(CC)c3)CO4)n2)c1C(F)(F)F. The van der Waals surface area contributed by atoms with Crippen LogP contribution in [0, 0.1) is 5.92 Å². The molecular formula is C37H38F3N5O4. The number of ether oxygens (including phenoxy) is 2. The van der Waals surface area contributed by atoms with Gasteiger partial charge in [-0.3, -0.25) is 4.79 Å². The molecule has 1 saturated carbocycles. The number of nitrogens with one attached hydrogen (secondary N) is 1. The van der Waals surface area contributed by atoms with E-state index in [1.807, 2.05) is 23.1 Å². The van der Waals surface area contributed by atoms with Gasteiger partial charge >= 0.3 is 12.1 Å². The Morgan fingerprint density at radius 1 is 1.02 bits per heavy atom. The number of likely N-dealkylation sites (tertiary alicyclic amines) is 1. The maximum Gasteiger partial charge on any atom is 0.434 e. The number of carbonyl (C=O) groups excluding carboxylic acids is 2. The van der Waals surface area contributed by atoms with E-state index in [1.54, 1.807) is 12.1 Å². The minimum absolute atomic E-state index is 0.0712. The number of nitrogens with zero attached hydrogens (tertiary/aromatic N) is 4. The second-order valence-corrected chi connectivity index (χ2v) is 12.8. The summed E-state index contributed by atoms with van der Waals surface area (Å²) >= 11 is 0. The molecule has 2 aromatic carbocycles. The molecule has 49 heavy (non-hydrogen) atoms. The predicted molar refractivity (Wildman–Crippen MR) is 177 cm³/mol.